The molecule has 2 aliphatic carbocycles. The van der Waals surface area contributed by atoms with Crippen molar-refractivity contribution in [2.24, 2.45) is 5.92 Å². The van der Waals surface area contributed by atoms with Gasteiger partial charge in [-0.05, 0) is 61.9 Å². The number of carbonyl (C=O) groups excluding carboxylic acids is 1. The van der Waals surface area contributed by atoms with E-state index in [0.717, 1.165) is 11.3 Å². The van der Waals surface area contributed by atoms with Crippen molar-refractivity contribution in [1.29, 1.82) is 5.26 Å². The van der Waals surface area contributed by atoms with Crippen molar-refractivity contribution in [3.05, 3.63) is 47.5 Å². The van der Waals surface area contributed by atoms with Crippen molar-refractivity contribution < 1.29 is 18.7 Å². The summed E-state index contributed by atoms with van der Waals surface area (Å²) in [7, 11) is 0. The summed E-state index contributed by atoms with van der Waals surface area (Å²) in [6.07, 6.45) is 0.352. The van der Waals surface area contributed by atoms with E-state index >= 15 is 0 Å². The van der Waals surface area contributed by atoms with Crippen LogP contribution < -0.4 is 0 Å². The van der Waals surface area contributed by atoms with Crippen LogP contribution in [-0.2, 0) is 5.92 Å². The number of rotatable bonds is 2. The Hall–Kier alpha value is -1.30. The van der Waals surface area contributed by atoms with Gasteiger partial charge in [0, 0.05) is 11.5 Å². The molecule has 3 nitrogen and oxygen atoms in total. The van der Waals surface area contributed by atoms with Crippen LogP contribution in [0.15, 0.2) is 21.1 Å². The molecule has 0 amide bonds. The maximum Gasteiger partial charge on any atom is 0.279 e. The van der Waals surface area contributed by atoms with Gasteiger partial charge >= 0.3 is 0 Å². The second-order valence-electron chi connectivity index (χ2n) is 5.85. The number of fused-ring (bicyclic) bond motifs is 3. The topological polar surface area (TPSA) is 61.1 Å². The molecule has 0 aliphatic heterocycles. The van der Waals surface area contributed by atoms with Gasteiger partial charge < -0.3 is 5.11 Å². The number of ketones is 1. The number of nitrogens with zero attached hydrogens (tertiary/aromatic N) is 1. The number of phenolic OH excluding ortho intramolecular Hbond substituents is 1. The fourth-order valence-electron chi connectivity index (χ4n) is 3.30. The Morgan fingerprint density at radius 3 is 2.58 bits per heavy atom. The van der Waals surface area contributed by atoms with Gasteiger partial charge in [-0.1, -0.05) is 0 Å². The number of hydrogen-bond donors (Lipinski definition) is 1. The lowest BCUT2D eigenvalue weighted by atomic mass is 10.0. The fourth-order valence-corrected chi connectivity index (χ4v) is 5.66. The number of benzene rings is 1. The number of aromatic hydroxyl groups is 1. The van der Waals surface area contributed by atoms with Crippen LogP contribution in [0.4, 0.5) is 8.78 Å². The first-order valence-electron chi connectivity index (χ1n) is 6.95. The number of alkyl halides is 2. The molecule has 2 aliphatic rings. The molecule has 0 saturated heterocycles. The smallest absolute Gasteiger partial charge is 0.279 e. The van der Waals surface area contributed by atoms with Crippen molar-refractivity contribution in [2.75, 3.05) is 0 Å². The predicted octanol–water partition coefficient (Wildman–Crippen LogP) is 5.29. The van der Waals surface area contributed by atoms with Gasteiger partial charge in [-0.3, -0.25) is 4.79 Å². The third-order valence-electron chi connectivity index (χ3n) is 4.49. The third kappa shape index (κ3) is 2.04. The molecule has 1 saturated carbocycles. The summed E-state index contributed by atoms with van der Waals surface area (Å²) in [4.78, 5) is 13.0. The number of thiophene rings is 1. The van der Waals surface area contributed by atoms with Crippen LogP contribution in [0.5, 0.6) is 5.75 Å². The van der Waals surface area contributed by atoms with E-state index < -0.39 is 17.6 Å². The van der Waals surface area contributed by atoms with E-state index in [9.17, 15) is 23.9 Å². The summed E-state index contributed by atoms with van der Waals surface area (Å²) >= 11 is 7.14. The summed E-state index contributed by atoms with van der Waals surface area (Å²) in [5.41, 5.74) is 0.348. The molecule has 1 aromatic heterocycles. The van der Waals surface area contributed by atoms with E-state index in [1.807, 2.05) is 6.07 Å². The van der Waals surface area contributed by atoms with Crippen LogP contribution in [0.25, 0.3) is 0 Å². The summed E-state index contributed by atoms with van der Waals surface area (Å²) in [5, 5.41) is 18.9. The van der Waals surface area contributed by atoms with Gasteiger partial charge in [0.05, 0.1) is 19.4 Å². The molecule has 0 unspecified atom stereocenters. The fraction of sp³-hybridized carbons (Fsp3) is 0.250. The highest BCUT2D eigenvalue weighted by Crippen LogP contribution is 2.69. The first-order chi connectivity index (χ1) is 11.3. The van der Waals surface area contributed by atoms with Gasteiger partial charge in [-0.2, -0.15) is 5.26 Å². The minimum Gasteiger partial charge on any atom is -0.506 e. The largest absolute Gasteiger partial charge is 0.506 e. The van der Waals surface area contributed by atoms with E-state index in [2.05, 4.69) is 31.9 Å². The highest BCUT2D eigenvalue weighted by molar-refractivity contribution is 9.11. The van der Waals surface area contributed by atoms with Gasteiger partial charge in [-0.25, -0.2) is 8.78 Å². The normalized spacial score (nSPS) is 22.6. The Labute approximate surface area is 156 Å². The Morgan fingerprint density at radius 1 is 1.38 bits per heavy atom. The number of nitriles is 1. The van der Waals surface area contributed by atoms with Crippen molar-refractivity contribution >= 4 is 49.0 Å². The highest BCUT2D eigenvalue weighted by atomic mass is 79.9. The number of halogens is 4. The molecule has 2 aromatic rings. The Bertz CT molecular complexity index is 941. The Kier molecular flexibility index (Phi) is 3.44. The third-order valence-corrected chi connectivity index (χ3v) is 6.81. The summed E-state index contributed by atoms with van der Waals surface area (Å²) < 4.78 is 29.4. The second-order valence-corrected chi connectivity index (χ2v) is 8.58. The standard InChI is InChI=1S/C16H7Br2F2NO2S/c17-8-1-5(2-9(18)14(8)23)13(22)15-11-6-3-7(6)16(19,20)12(11)10(4-21)24-15/h1-2,6-7,23H,3H2/t6-,7+/m0/s1. The first-order valence-corrected chi connectivity index (χ1v) is 9.35. The van der Waals surface area contributed by atoms with Gasteiger partial charge in [-0.15, -0.1) is 11.3 Å². The molecule has 1 aromatic carbocycles. The minimum absolute atomic E-state index is 0.0468. The van der Waals surface area contributed by atoms with Gasteiger partial charge in [0.2, 0.25) is 5.78 Å². The van der Waals surface area contributed by atoms with E-state index in [1.165, 1.54) is 12.1 Å². The molecule has 0 bridgehead atoms. The lowest BCUT2D eigenvalue weighted by Crippen LogP contribution is -2.13. The molecule has 0 spiro atoms. The lowest BCUT2D eigenvalue weighted by Gasteiger charge is -2.11. The maximum absolute atomic E-state index is 14.4. The van der Waals surface area contributed by atoms with Crippen LogP contribution in [0, 0.1) is 17.2 Å². The van der Waals surface area contributed by atoms with E-state index in [-0.39, 0.29) is 32.5 Å². The zero-order valence-electron chi connectivity index (χ0n) is 11.7. The van der Waals surface area contributed by atoms with Gasteiger partial charge in [0.1, 0.15) is 16.7 Å². The molecule has 122 valence electrons. The lowest BCUT2D eigenvalue weighted by molar-refractivity contribution is -0.0223. The average Bonchev–Trinajstić information content (AvgIpc) is 3.18. The second kappa shape index (κ2) is 5.10. The number of phenols is 1. The molecule has 0 radical (unpaired) electrons. The molecule has 1 fully saturated rings. The molecular formula is C16H7Br2F2NO2S. The van der Waals surface area contributed by atoms with Crippen molar-refractivity contribution in [3.63, 3.8) is 0 Å². The molecule has 1 N–H and O–H groups in total. The highest BCUT2D eigenvalue weighted by Gasteiger charge is 2.66. The van der Waals surface area contributed by atoms with E-state index in [0.29, 0.717) is 20.9 Å². The quantitative estimate of drug-likeness (QED) is 0.601. The van der Waals surface area contributed by atoms with Crippen LogP contribution in [0.2, 0.25) is 0 Å². The maximum atomic E-state index is 14.4. The van der Waals surface area contributed by atoms with Crippen molar-refractivity contribution in [3.8, 4) is 11.8 Å². The molecule has 1 heterocycles. The van der Waals surface area contributed by atoms with Crippen molar-refractivity contribution in [2.45, 2.75) is 18.3 Å². The summed E-state index contributed by atoms with van der Waals surface area (Å²) in [6, 6.07) is 4.70. The van der Waals surface area contributed by atoms with Crippen molar-refractivity contribution in [1.82, 2.24) is 0 Å². The zero-order valence-corrected chi connectivity index (χ0v) is 15.7. The van der Waals surface area contributed by atoms with Crippen LogP contribution in [0.1, 0.15) is 43.6 Å². The summed E-state index contributed by atoms with van der Waals surface area (Å²) in [6.45, 7) is 0. The zero-order chi connectivity index (χ0) is 17.4. The van der Waals surface area contributed by atoms with Crippen LogP contribution in [-0.4, -0.2) is 10.9 Å². The Morgan fingerprint density at radius 2 is 2.00 bits per heavy atom. The number of hydrogen-bond acceptors (Lipinski definition) is 4. The van der Waals surface area contributed by atoms with Crippen LogP contribution in [0.3, 0.4) is 0 Å². The minimum atomic E-state index is -3.03. The molecule has 8 heteroatoms. The van der Waals surface area contributed by atoms with Crippen LogP contribution >= 0.6 is 43.2 Å². The monoisotopic (exact) mass is 473 g/mol. The predicted molar refractivity (Wildman–Crippen MR) is 90.7 cm³/mol. The summed E-state index contributed by atoms with van der Waals surface area (Å²) in [5.74, 6) is -4.61. The van der Waals surface area contributed by atoms with E-state index in [4.69, 9.17) is 0 Å². The van der Waals surface area contributed by atoms with E-state index in [1.54, 1.807) is 0 Å². The average molecular weight is 475 g/mol. The first kappa shape index (κ1) is 16.2. The van der Waals surface area contributed by atoms with Gasteiger partial charge in [0.25, 0.3) is 5.92 Å². The molecular weight excluding hydrogens is 468 g/mol. The number of carbonyl (C=O) groups is 1. The molecule has 24 heavy (non-hydrogen) atoms. The molecule has 4 rings (SSSR count). The SMILES string of the molecule is N#Cc1sc(C(=O)c2cc(Br)c(O)c(Br)c2)c2c1C(F)(F)[C@@H]1C[C@H]21. The van der Waals surface area contributed by atoms with Gasteiger partial charge in [0.15, 0.2) is 0 Å². The Balaban J connectivity index is 1.88. The molecule has 2 atom stereocenters.